The molecule has 0 atom stereocenters. The Balaban J connectivity index is 2.34. The SMILES string of the molecule is CCc1cn(Cc2nnc(NC)s2)c(=O)[nH]c1=O. The second kappa shape index (κ2) is 5.13. The molecule has 2 aromatic heterocycles. The summed E-state index contributed by atoms with van der Waals surface area (Å²) in [5.41, 5.74) is -0.182. The largest absolute Gasteiger partial charge is 0.363 e. The summed E-state index contributed by atoms with van der Waals surface area (Å²) in [7, 11) is 1.76. The van der Waals surface area contributed by atoms with E-state index < -0.39 is 5.69 Å². The molecule has 18 heavy (non-hydrogen) atoms. The van der Waals surface area contributed by atoms with Crippen LogP contribution in [0.2, 0.25) is 0 Å². The van der Waals surface area contributed by atoms with Crippen molar-refractivity contribution in [2.24, 2.45) is 0 Å². The fourth-order valence-electron chi connectivity index (χ4n) is 1.49. The van der Waals surface area contributed by atoms with Crippen molar-refractivity contribution >= 4 is 16.5 Å². The van der Waals surface area contributed by atoms with Gasteiger partial charge in [-0.15, -0.1) is 10.2 Å². The molecule has 8 heteroatoms. The van der Waals surface area contributed by atoms with Gasteiger partial charge < -0.3 is 5.32 Å². The van der Waals surface area contributed by atoms with Crippen LogP contribution < -0.4 is 16.6 Å². The lowest BCUT2D eigenvalue weighted by molar-refractivity contribution is 0.698. The lowest BCUT2D eigenvalue weighted by Gasteiger charge is -2.03. The Morgan fingerprint density at radius 2 is 2.22 bits per heavy atom. The van der Waals surface area contributed by atoms with Crippen molar-refractivity contribution in [3.63, 3.8) is 0 Å². The molecule has 2 N–H and O–H groups in total. The molecule has 0 saturated carbocycles. The zero-order chi connectivity index (χ0) is 13.1. The van der Waals surface area contributed by atoms with Gasteiger partial charge in [-0.2, -0.15) is 0 Å². The maximum atomic E-state index is 11.6. The number of aromatic nitrogens is 4. The molecule has 0 saturated heterocycles. The highest BCUT2D eigenvalue weighted by molar-refractivity contribution is 7.15. The third kappa shape index (κ3) is 2.48. The van der Waals surface area contributed by atoms with E-state index >= 15 is 0 Å². The lowest BCUT2D eigenvalue weighted by Crippen LogP contribution is -2.31. The second-order valence-electron chi connectivity index (χ2n) is 3.65. The Morgan fingerprint density at radius 3 is 2.83 bits per heavy atom. The maximum Gasteiger partial charge on any atom is 0.328 e. The van der Waals surface area contributed by atoms with Crippen LogP contribution in [0, 0.1) is 0 Å². The van der Waals surface area contributed by atoms with Gasteiger partial charge in [0.15, 0.2) is 0 Å². The molecule has 0 bridgehead atoms. The van der Waals surface area contributed by atoms with Crippen LogP contribution in [0.4, 0.5) is 5.13 Å². The standard InChI is InChI=1S/C10H13N5O2S/c1-3-6-4-15(10(17)12-8(6)16)5-7-13-14-9(11-2)18-7/h4H,3,5H2,1-2H3,(H,11,14)(H,12,16,17). The second-order valence-corrected chi connectivity index (χ2v) is 4.71. The predicted octanol–water partition coefficient (Wildman–Crippen LogP) is 0.0405. The van der Waals surface area contributed by atoms with Crippen LogP contribution in [0.1, 0.15) is 17.5 Å². The molecule has 0 aliphatic rings. The van der Waals surface area contributed by atoms with Crippen LogP contribution in [0.3, 0.4) is 0 Å². The number of rotatable bonds is 4. The smallest absolute Gasteiger partial charge is 0.328 e. The minimum atomic E-state index is -0.432. The maximum absolute atomic E-state index is 11.6. The normalized spacial score (nSPS) is 10.6. The van der Waals surface area contributed by atoms with Crippen molar-refractivity contribution in [3.8, 4) is 0 Å². The number of hydrogen-bond acceptors (Lipinski definition) is 6. The van der Waals surface area contributed by atoms with E-state index in [-0.39, 0.29) is 5.56 Å². The zero-order valence-corrected chi connectivity index (χ0v) is 10.9. The number of aryl methyl sites for hydroxylation is 1. The van der Waals surface area contributed by atoms with Gasteiger partial charge in [-0.3, -0.25) is 14.3 Å². The van der Waals surface area contributed by atoms with Crippen molar-refractivity contribution in [3.05, 3.63) is 37.6 Å². The van der Waals surface area contributed by atoms with Gasteiger partial charge in [0.1, 0.15) is 5.01 Å². The minimum absolute atomic E-state index is 0.308. The highest BCUT2D eigenvalue weighted by Crippen LogP contribution is 2.14. The van der Waals surface area contributed by atoms with Crippen molar-refractivity contribution in [2.45, 2.75) is 19.9 Å². The fraction of sp³-hybridized carbons (Fsp3) is 0.400. The summed E-state index contributed by atoms with van der Waals surface area (Å²) in [6, 6.07) is 0. The molecule has 2 heterocycles. The molecule has 2 rings (SSSR count). The van der Waals surface area contributed by atoms with E-state index in [0.29, 0.717) is 28.7 Å². The summed E-state index contributed by atoms with van der Waals surface area (Å²) in [4.78, 5) is 25.4. The van der Waals surface area contributed by atoms with Crippen LogP contribution in [-0.4, -0.2) is 26.8 Å². The monoisotopic (exact) mass is 267 g/mol. The molecule has 0 aliphatic carbocycles. The van der Waals surface area contributed by atoms with Crippen LogP contribution in [0.25, 0.3) is 0 Å². The number of nitrogens with one attached hydrogen (secondary N) is 2. The van der Waals surface area contributed by atoms with Crippen LogP contribution >= 0.6 is 11.3 Å². The van der Waals surface area contributed by atoms with Gasteiger partial charge in [0, 0.05) is 18.8 Å². The molecule has 0 aromatic carbocycles. The van der Waals surface area contributed by atoms with E-state index in [2.05, 4.69) is 20.5 Å². The molecule has 7 nitrogen and oxygen atoms in total. The first-order valence-corrected chi connectivity index (χ1v) is 6.28. The Kier molecular flexibility index (Phi) is 3.56. The summed E-state index contributed by atoms with van der Waals surface area (Å²) >= 11 is 1.37. The van der Waals surface area contributed by atoms with Crippen LogP contribution in [-0.2, 0) is 13.0 Å². The van der Waals surface area contributed by atoms with Gasteiger partial charge in [0.2, 0.25) is 5.13 Å². The number of hydrogen-bond donors (Lipinski definition) is 2. The lowest BCUT2D eigenvalue weighted by atomic mass is 10.3. The quantitative estimate of drug-likeness (QED) is 0.816. The van der Waals surface area contributed by atoms with E-state index in [1.807, 2.05) is 6.92 Å². The summed E-state index contributed by atoms with van der Waals surface area (Å²) in [5.74, 6) is 0. The highest BCUT2D eigenvalue weighted by Gasteiger charge is 2.07. The molecule has 0 aliphatic heterocycles. The summed E-state index contributed by atoms with van der Waals surface area (Å²) in [6.07, 6.45) is 2.15. The minimum Gasteiger partial charge on any atom is -0.363 e. The van der Waals surface area contributed by atoms with E-state index in [1.165, 1.54) is 15.9 Å². The molecular formula is C10H13N5O2S. The fourth-order valence-corrected chi connectivity index (χ4v) is 2.18. The third-order valence-corrected chi connectivity index (χ3v) is 3.38. The van der Waals surface area contributed by atoms with Gasteiger partial charge in [-0.25, -0.2) is 4.79 Å². The summed E-state index contributed by atoms with van der Waals surface area (Å²) in [5, 5.41) is 12.1. The molecule has 0 unspecified atom stereocenters. The Morgan fingerprint density at radius 1 is 1.44 bits per heavy atom. The number of aromatic amines is 1. The molecule has 0 fully saturated rings. The summed E-state index contributed by atoms with van der Waals surface area (Å²) < 4.78 is 1.43. The van der Waals surface area contributed by atoms with Crippen LogP contribution in [0.5, 0.6) is 0 Å². The van der Waals surface area contributed by atoms with Crippen molar-refractivity contribution in [1.82, 2.24) is 19.7 Å². The van der Waals surface area contributed by atoms with Crippen molar-refractivity contribution in [1.29, 1.82) is 0 Å². The molecule has 0 radical (unpaired) electrons. The van der Waals surface area contributed by atoms with Gasteiger partial charge in [-0.05, 0) is 6.42 Å². The topological polar surface area (TPSA) is 92.7 Å². The van der Waals surface area contributed by atoms with Crippen LogP contribution in [0.15, 0.2) is 15.8 Å². The first-order chi connectivity index (χ1) is 8.63. The van der Waals surface area contributed by atoms with E-state index in [0.717, 1.165) is 0 Å². The Labute approximate surface area is 107 Å². The average Bonchev–Trinajstić information content (AvgIpc) is 2.80. The predicted molar refractivity (Wildman–Crippen MR) is 69.3 cm³/mol. The van der Waals surface area contributed by atoms with E-state index in [1.54, 1.807) is 13.2 Å². The number of nitrogens with zero attached hydrogens (tertiary/aromatic N) is 3. The van der Waals surface area contributed by atoms with E-state index in [9.17, 15) is 9.59 Å². The first kappa shape index (κ1) is 12.5. The van der Waals surface area contributed by atoms with Crippen molar-refractivity contribution < 1.29 is 0 Å². The zero-order valence-electron chi connectivity index (χ0n) is 10.1. The molecular weight excluding hydrogens is 254 g/mol. The highest BCUT2D eigenvalue weighted by atomic mass is 32.1. The molecule has 2 aromatic rings. The van der Waals surface area contributed by atoms with Gasteiger partial charge in [0.05, 0.1) is 6.54 Å². The van der Waals surface area contributed by atoms with Crippen molar-refractivity contribution in [2.75, 3.05) is 12.4 Å². The molecule has 0 amide bonds. The molecule has 0 spiro atoms. The average molecular weight is 267 g/mol. The van der Waals surface area contributed by atoms with Gasteiger partial charge in [0.25, 0.3) is 5.56 Å². The first-order valence-electron chi connectivity index (χ1n) is 5.46. The number of anilines is 1. The van der Waals surface area contributed by atoms with Gasteiger partial charge in [-0.1, -0.05) is 18.3 Å². The number of H-pyrrole nitrogens is 1. The third-order valence-electron chi connectivity index (χ3n) is 2.45. The van der Waals surface area contributed by atoms with Gasteiger partial charge >= 0.3 is 5.69 Å². The Hall–Kier alpha value is -1.96. The Bertz CT molecular complexity index is 657. The van der Waals surface area contributed by atoms with E-state index in [4.69, 9.17) is 0 Å². The molecule has 96 valence electrons. The summed E-state index contributed by atoms with van der Waals surface area (Å²) in [6.45, 7) is 2.17.